The molecule has 3 aliphatic rings. The molecule has 2 saturated carbocycles. The normalized spacial score (nSPS) is 37.0. The molecule has 124 valence electrons. The lowest BCUT2D eigenvalue weighted by Crippen LogP contribution is -2.66. The predicted molar refractivity (Wildman–Crippen MR) is 80.8 cm³/mol. The number of benzene rings is 1. The van der Waals surface area contributed by atoms with Crippen LogP contribution < -0.4 is 5.32 Å². The summed E-state index contributed by atoms with van der Waals surface area (Å²) in [5.74, 6) is -1.09. The van der Waals surface area contributed by atoms with E-state index in [2.05, 4.69) is 19.2 Å². The van der Waals surface area contributed by atoms with Gasteiger partial charge in [0.1, 0.15) is 11.6 Å². The van der Waals surface area contributed by atoms with Crippen molar-refractivity contribution in [2.75, 3.05) is 6.61 Å². The third-order valence-corrected chi connectivity index (χ3v) is 5.89. The van der Waals surface area contributed by atoms with Crippen LogP contribution >= 0.6 is 0 Å². The second kappa shape index (κ2) is 5.00. The van der Waals surface area contributed by atoms with Gasteiger partial charge < -0.3 is 10.1 Å². The lowest BCUT2D eigenvalue weighted by molar-refractivity contribution is -0.138. The molecule has 0 unspecified atom stereocenters. The Balaban J connectivity index is 1.42. The number of carbonyl (C=O) groups is 1. The summed E-state index contributed by atoms with van der Waals surface area (Å²) in [4.78, 5) is 12.5. The van der Waals surface area contributed by atoms with Gasteiger partial charge in [0, 0.05) is 36.0 Å². The van der Waals surface area contributed by atoms with Gasteiger partial charge in [0.25, 0.3) is 0 Å². The van der Waals surface area contributed by atoms with Crippen LogP contribution in [0, 0.1) is 28.9 Å². The number of fused-ring (bicyclic) bond motifs is 1. The second-order valence-corrected chi connectivity index (χ2v) is 7.67. The maximum atomic E-state index is 13.8. The molecule has 1 aromatic carbocycles. The summed E-state index contributed by atoms with van der Waals surface area (Å²) in [5, 5.41) is 3.16. The molecule has 1 N–H and O–H groups in total. The molecule has 0 radical (unpaired) electrons. The van der Waals surface area contributed by atoms with Crippen molar-refractivity contribution in [3.63, 3.8) is 0 Å². The van der Waals surface area contributed by atoms with Crippen molar-refractivity contribution >= 4 is 5.91 Å². The third-order valence-electron chi connectivity index (χ3n) is 5.89. The van der Waals surface area contributed by atoms with Gasteiger partial charge >= 0.3 is 0 Å². The number of nitrogens with one attached hydrogen (secondary N) is 1. The van der Waals surface area contributed by atoms with Crippen LogP contribution in [0.5, 0.6) is 0 Å². The van der Waals surface area contributed by atoms with Gasteiger partial charge in [-0.1, -0.05) is 19.9 Å². The Bertz CT molecular complexity index is 660. The molecule has 0 aromatic heterocycles. The summed E-state index contributed by atoms with van der Waals surface area (Å²) in [5.41, 5.74) is 0.393. The quantitative estimate of drug-likeness (QED) is 0.929. The Morgan fingerprint density at radius 3 is 2.87 bits per heavy atom. The van der Waals surface area contributed by atoms with E-state index in [-0.39, 0.29) is 35.3 Å². The first-order chi connectivity index (χ1) is 10.9. The van der Waals surface area contributed by atoms with E-state index < -0.39 is 11.6 Å². The summed E-state index contributed by atoms with van der Waals surface area (Å²) in [6.45, 7) is 5.00. The molecule has 1 heterocycles. The van der Waals surface area contributed by atoms with Crippen LogP contribution in [0.15, 0.2) is 18.2 Å². The highest BCUT2D eigenvalue weighted by Crippen LogP contribution is 2.53. The molecule has 1 saturated heterocycles. The van der Waals surface area contributed by atoms with E-state index >= 15 is 0 Å². The van der Waals surface area contributed by atoms with E-state index in [1.54, 1.807) is 0 Å². The van der Waals surface area contributed by atoms with Crippen LogP contribution in [-0.4, -0.2) is 24.7 Å². The van der Waals surface area contributed by atoms with Crippen molar-refractivity contribution in [2.45, 2.75) is 44.8 Å². The van der Waals surface area contributed by atoms with E-state index in [9.17, 15) is 13.6 Å². The average molecular weight is 321 g/mol. The molecular formula is C18H21F2NO2. The maximum absolute atomic E-state index is 13.8. The Kier molecular flexibility index (Phi) is 3.28. The van der Waals surface area contributed by atoms with Crippen LogP contribution in [0.25, 0.3) is 0 Å². The zero-order chi connectivity index (χ0) is 16.4. The minimum absolute atomic E-state index is 0.0119. The molecule has 4 rings (SSSR count). The van der Waals surface area contributed by atoms with Crippen LogP contribution in [0.2, 0.25) is 0 Å². The summed E-state index contributed by atoms with van der Waals surface area (Å²) < 4.78 is 32.6. The zero-order valence-corrected chi connectivity index (χ0v) is 13.3. The van der Waals surface area contributed by atoms with Crippen molar-refractivity contribution in [3.8, 4) is 0 Å². The molecule has 3 fully saturated rings. The number of rotatable bonds is 3. The highest BCUT2D eigenvalue weighted by atomic mass is 19.1. The first-order valence-electron chi connectivity index (χ1n) is 8.26. The summed E-state index contributed by atoms with van der Waals surface area (Å²) >= 11 is 0. The van der Waals surface area contributed by atoms with Gasteiger partial charge in [0.2, 0.25) is 5.91 Å². The fraction of sp³-hybridized carbons (Fsp3) is 0.611. The number of hydrogen-bond donors (Lipinski definition) is 1. The largest absolute Gasteiger partial charge is 0.377 e. The first kappa shape index (κ1) is 15.1. The van der Waals surface area contributed by atoms with Crippen LogP contribution in [0.3, 0.4) is 0 Å². The molecular weight excluding hydrogens is 300 g/mol. The Hall–Kier alpha value is -1.49. The van der Waals surface area contributed by atoms with Gasteiger partial charge in [0.15, 0.2) is 0 Å². The van der Waals surface area contributed by atoms with Gasteiger partial charge in [-0.05, 0) is 30.4 Å². The van der Waals surface area contributed by atoms with Gasteiger partial charge in [-0.2, -0.15) is 0 Å². The smallest absolute Gasteiger partial charge is 0.223 e. The highest BCUT2D eigenvalue weighted by Gasteiger charge is 2.60. The first-order valence-corrected chi connectivity index (χ1v) is 8.26. The Morgan fingerprint density at radius 2 is 2.13 bits per heavy atom. The molecule has 0 bridgehead atoms. The van der Waals surface area contributed by atoms with Gasteiger partial charge in [-0.25, -0.2) is 8.78 Å². The van der Waals surface area contributed by atoms with E-state index in [0.717, 1.165) is 19.1 Å². The monoisotopic (exact) mass is 321 g/mol. The van der Waals surface area contributed by atoms with Gasteiger partial charge in [-0.15, -0.1) is 0 Å². The summed E-state index contributed by atoms with van der Waals surface area (Å²) in [7, 11) is 0. The van der Waals surface area contributed by atoms with Gasteiger partial charge in [0.05, 0.1) is 6.10 Å². The number of halogens is 2. The maximum Gasteiger partial charge on any atom is 0.223 e. The minimum Gasteiger partial charge on any atom is -0.377 e. The lowest BCUT2D eigenvalue weighted by Gasteiger charge is -2.54. The molecule has 3 nitrogen and oxygen atoms in total. The lowest BCUT2D eigenvalue weighted by atomic mass is 9.57. The number of hydrogen-bond acceptors (Lipinski definition) is 2. The second-order valence-electron chi connectivity index (χ2n) is 7.67. The summed E-state index contributed by atoms with van der Waals surface area (Å²) in [6, 6.07) is 3.72. The van der Waals surface area contributed by atoms with Crippen LogP contribution in [0.1, 0.15) is 38.2 Å². The predicted octanol–water partition coefficient (Wildman–Crippen LogP) is 3.00. The minimum atomic E-state index is -0.587. The SMILES string of the molecule is CC1(C)[C@H](NC(=O)[C@@H]2C[C@@H]2c2ccc(F)cc2F)[C@H]2CCO[C@@H]21. The van der Waals surface area contributed by atoms with Crippen molar-refractivity contribution in [1.82, 2.24) is 5.32 Å². The highest BCUT2D eigenvalue weighted by molar-refractivity contribution is 5.83. The van der Waals surface area contributed by atoms with Crippen molar-refractivity contribution < 1.29 is 18.3 Å². The van der Waals surface area contributed by atoms with E-state index in [0.29, 0.717) is 17.9 Å². The van der Waals surface area contributed by atoms with E-state index in [1.807, 2.05) is 0 Å². The molecule has 1 aromatic rings. The number of amides is 1. The number of ether oxygens (including phenoxy) is 1. The molecule has 5 heteroatoms. The molecule has 5 atom stereocenters. The van der Waals surface area contributed by atoms with Crippen LogP contribution in [0.4, 0.5) is 8.78 Å². The van der Waals surface area contributed by atoms with Crippen LogP contribution in [-0.2, 0) is 9.53 Å². The van der Waals surface area contributed by atoms with Crippen molar-refractivity contribution in [3.05, 3.63) is 35.4 Å². The summed E-state index contributed by atoms with van der Waals surface area (Å²) in [6.07, 6.45) is 1.85. The standard InChI is InChI=1S/C18H21F2NO2/c1-18(2)15(11-5-6-23-16(11)18)21-17(22)13-8-12(13)10-4-3-9(19)7-14(10)20/h3-4,7,11-13,15-16H,5-6,8H2,1-2H3,(H,21,22)/t11-,12-,13-,15-,16+/m1/s1. The third kappa shape index (κ3) is 2.28. The van der Waals surface area contributed by atoms with Gasteiger partial charge in [-0.3, -0.25) is 4.79 Å². The Labute approximate surface area is 134 Å². The molecule has 1 amide bonds. The fourth-order valence-electron chi connectivity index (χ4n) is 4.51. The average Bonchev–Trinajstić information content (AvgIpc) is 3.14. The van der Waals surface area contributed by atoms with E-state index in [4.69, 9.17) is 4.74 Å². The topological polar surface area (TPSA) is 38.3 Å². The fourth-order valence-corrected chi connectivity index (χ4v) is 4.51. The molecule has 1 aliphatic heterocycles. The van der Waals surface area contributed by atoms with Crippen molar-refractivity contribution in [1.29, 1.82) is 0 Å². The van der Waals surface area contributed by atoms with E-state index in [1.165, 1.54) is 12.1 Å². The molecule has 23 heavy (non-hydrogen) atoms. The number of carbonyl (C=O) groups excluding carboxylic acids is 1. The molecule has 0 spiro atoms. The molecule has 2 aliphatic carbocycles. The Morgan fingerprint density at radius 1 is 1.35 bits per heavy atom. The zero-order valence-electron chi connectivity index (χ0n) is 13.3. The van der Waals surface area contributed by atoms with Crippen molar-refractivity contribution in [2.24, 2.45) is 17.3 Å².